The van der Waals surface area contributed by atoms with Gasteiger partial charge in [0, 0.05) is 35.0 Å². The van der Waals surface area contributed by atoms with Crippen molar-refractivity contribution in [3.63, 3.8) is 0 Å². The summed E-state index contributed by atoms with van der Waals surface area (Å²) in [6, 6.07) is 6.35. The number of nitro groups is 1. The van der Waals surface area contributed by atoms with E-state index in [1.54, 1.807) is 26.0 Å². The summed E-state index contributed by atoms with van der Waals surface area (Å²) in [5.74, 6) is -1.23. The third-order valence-corrected chi connectivity index (χ3v) is 5.23. The van der Waals surface area contributed by atoms with Gasteiger partial charge in [0.1, 0.15) is 12.5 Å². The average Bonchev–Trinajstić information content (AvgIpc) is 3.06. The van der Waals surface area contributed by atoms with Gasteiger partial charge in [0.25, 0.3) is 5.69 Å². The number of allylic oxidation sites excluding steroid dienone is 1. The van der Waals surface area contributed by atoms with Crippen molar-refractivity contribution < 1.29 is 19.2 Å². The highest BCUT2D eigenvalue weighted by Gasteiger charge is 2.44. The Bertz CT molecular complexity index is 961. The van der Waals surface area contributed by atoms with E-state index in [-0.39, 0.29) is 12.3 Å². The van der Waals surface area contributed by atoms with Crippen molar-refractivity contribution >= 4 is 23.3 Å². The largest absolute Gasteiger partial charge is 0.475 e. The van der Waals surface area contributed by atoms with Crippen molar-refractivity contribution in [3.05, 3.63) is 51.2 Å². The van der Waals surface area contributed by atoms with E-state index in [9.17, 15) is 14.9 Å². The summed E-state index contributed by atoms with van der Waals surface area (Å²) in [6.45, 7) is 10.1. The quantitative estimate of drug-likeness (QED) is 0.395. The molecular formula is C22H27N3O5. The summed E-state index contributed by atoms with van der Waals surface area (Å²) >= 11 is 0. The van der Waals surface area contributed by atoms with Crippen molar-refractivity contribution in [2.24, 2.45) is 15.9 Å². The van der Waals surface area contributed by atoms with Crippen LogP contribution in [0.3, 0.4) is 0 Å². The summed E-state index contributed by atoms with van der Waals surface area (Å²) in [7, 11) is 0. The maximum atomic E-state index is 13.0. The number of carbonyl (C=O) groups is 1. The number of carbonyl (C=O) groups excluding carboxylic acids is 1. The molecule has 0 saturated heterocycles. The first-order valence-electron chi connectivity index (χ1n) is 10.1. The Labute approximate surface area is 175 Å². The fraction of sp³-hybridized carbons (Fsp3) is 0.500. The highest BCUT2D eigenvalue weighted by Crippen LogP contribution is 2.43. The second-order valence-corrected chi connectivity index (χ2v) is 8.04. The van der Waals surface area contributed by atoms with Crippen LogP contribution < -0.4 is 0 Å². The molecule has 0 fully saturated rings. The molecule has 2 aliphatic heterocycles. The van der Waals surface area contributed by atoms with Crippen LogP contribution in [0.5, 0.6) is 0 Å². The standard InChI is InChI=1S/C22H27N3O5/c1-6-16-19(20-24-22(4,5)12-30-20)18(14-9-8-10-15(11-14)25(27)28)17(13(3)23-16)21(26)29-7-2/h8-11,17-18H,6-7,12H2,1-5H3. The molecule has 0 spiro atoms. The van der Waals surface area contributed by atoms with E-state index in [2.05, 4.69) is 0 Å². The number of hydrogen-bond donors (Lipinski definition) is 0. The van der Waals surface area contributed by atoms with E-state index in [1.165, 1.54) is 12.1 Å². The summed E-state index contributed by atoms with van der Waals surface area (Å²) < 4.78 is 11.3. The predicted octanol–water partition coefficient (Wildman–Crippen LogP) is 4.20. The molecule has 2 heterocycles. The van der Waals surface area contributed by atoms with E-state index in [4.69, 9.17) is 19.5 Å². The lowest BCUT2D eigenvalue weighted by atomic mass is 9.75. The molecule has 2 aliphatic rings. The van der Waals surface area contributed by atoms with Crippen LogP contribution >= 0.6 is 0 Å². The number of benzene rings is 1. The van der Waals surface area contributed by atoms with Crippen LogP contribution in [0.1, 0.15) is 52.5 Å². The molecule has 0 aromatic heterocycles. The highest BCUT2D eigenvalue weighted by atomic mass is 16.6. The Kier molecular flexibility index (Phi) is 6.05. The molecule has 3 rings (SSSR count). The predicted molar refractivity (Wildman–Crippen MR) is 114 cm³/mol. The van der Waals surface area contributed by atoms with Gasteiger partial charge in [-0.15, -0.1) is 0 Å². The van der Waals surface area contributed by atoms with E-state index < -0.39 is 28.3 Å². The molecule has 0 aliphatic carbocycles. The van der Waals surface area contributed by atoms with E-state index in [1.807, 2.05) is 20.8 Å². The summed E-state index contributed by atoms with van der Waals surface area (Å²) in [4.78, 5) is 33.3. The Morgan fingerprint density at radius 3 is 2.67 bits per heavy atom. The topological polar surface area (TPSA) is 103 Å². The third-order valence-electron chi connectivity index (χ3n) is 5.23. The van der Waals surface area contributed by atoms with Gasteiger partial charge in [-0.3, -0.25) is 19.9 Å². The Morgan fingerprint density at radius 1 is 1.37 bits per heavy atom. The van der Waals surface area contributed by atoms with E-state index in [0.717, 1.165) is 5.70 Å². The van der Waals surface area contributed by atoms with Gasteiger partial charge in [-0.05, 0) is 39.7 Å². The normalized spacial score (nSPS) is 22.8. The van der Waals surface area contributed by atoms with Gasteiger partial charge in [-0.1, -0.05) is 19.1 Å². The number of non-ortho nitro benzene ring substituents is 1. The minimum atomic E-state index is -0.715. The minimum absolute atomic E-state index is 0.0396. The van der Waals surface area contributed by atoms with Crippen LogP contribution in [0, 0.1) is 16.0 Å². The van der Waals surface area contributed by atoms with Crippen LogP contribution in [-0.4, -0.2) is 41.3 Å². The van der Waals surface area contributed by atoms with Gasteiger partial charge in [-0.2, -0.15) is 0 Å². The molecule has 30 heavy (non-hydrogen) atoms. The molecule has 2 atom stereocenters. The second kappa shape index (κ2) is 8.38. The average molecular weight is 413 g/mol. The molecule has 0 amide bonds. The molecule has 0 radical (unpaired) electrons. The lowest BCUT2D eigenvalue weighted by molar-refractivity contribution is -0.384. The number of nitro benzene ring substituents is 1. The van der Waals surface area contributed by atoms with Gasteiger partial charge >= 0.3 is 5.97 Å². The van der Waals surface area contributed by atoms with Gasteiger partial charge < -0.3 is 9.47 Å². The Morgan fingerprint density at radius 2 is 2.10 bits per heavy atom. The summed E-state index contributed by atoms with van der Waals surface area (Å²) in [6.07, 6.45) is 0.608. The SMILES string of the molecule is CCOC(=O)C1C(C)=NC(CC)=C(C2=NC(C)(C)CO2)C1c1cccc([N+](=O)[O-])c1. The number of ether oxygens (including phenoxy) is 2. The zero-order valence-corrected chi connectivity index (χ0v) is 18.0. The molecule has 1 aromatic rings. The van der Waals surface area contributed by atoms with Gasteiger partial charge in [-0.25, -0.2) is 4.99 Å². The molecule has 1 aromatic carbocycles. The van der Waals surface area contributed by atoms with Crippen LogP contribution in [0.4, 0.5) is 5.69 Å². The lowest BCUT2D eigenvalue weighted by Crippen LogP contribution is -2.36. The van der Waals surface area contributed by atoms with E-state index in [0.29, 0.717) is 35.8 Å². The van der Waals surface area contributed by atoms with Crippen molar-refractivity contribution in [1.82, 2.24) is 0 Å². The Balaban J connectivity index is 2.24. The summed E-state index contributed by atoms with van der Waals surface area (Å²) in [5.41, 5.74) is 2.27. The van der Waals surface area contributed by atoms with Gasteiger partial charge in [0.05, 0.1) is 17.1 Å². The molecule has 160 valence electrons. The second-order valence-electron chi connectivity index (χ2n) is 8.04. The number of aliphatic imine (C=N–C) groups is 2. The molecular weight excluding hydrogens is 386 g/mol. The zero-order chi connectivity index (χ0) is 22.1. The van der Waals surface area contributed by atoms with Crippen LogP contribution in [-0.2, 0) is 14.3 Å². The zero-order valence-electron chi connectivity index (χ0n) is 18.0. The fourth-order valence-corrected chi connectivity index (χ4v) is 3.91. The van der Waals surface area contributed by atoms with Crippen LogP contribution in [0.2, 0.25) is 0 Å². The number of esters is 1. The van der Waals surface area contributed by atoms with Crippen LogP contribution in [0.25, 0.3) is 0 Å². The van der Waals surface area contributed by atoms with Crippen molar-refractivity contribution in [2.45, 2.75) is 52.5 Å². The fourth-order valence-electron chi connectivity index (χ4n) is 3.91. The maximum absolute atomic E-state index is 13.0. The Hall–Kier alpha value is -3.03. The minimum Gasteiger partial charge on any atom is -0.475 e. The van der Waals surface area contributed by atoms with Gasteiger partial charge in [0.15, 0.2) is 0 Å². The first-order chi connectivity index (χ1) is 14.2. The molecule has 8 heteroatoms. The first-order valence-corrected chi connectivity index (χ1v) is 10.1. The maximum Gasteiger partial charge on any atom is 0.315 e. The molecule has 2 unspecified atom stereocenters. The monoisotopic (exact) mass is 413 g/mol. The third kappa shape index (κ3) is 4.13. The van der Waals surface area contributed by atoms with E-state index >= 15 is 0 Å². The molecule has 0 bridgehead atoms. The smallest absolute Gasteiger partial charge is 0.315 e. The first kappa shape index (κ1) is 21.7. The van der Waals surface area contributed by atoms with Gasteiger partial charge in [0.2, 0.25) is 5.90 Å². The number of hydrogen-bond acceptors (Lipinski definition) is 7. The molecule has 0 N–H and O–H groups in total. The number of rotatable bonds is 6. The van der Waals surface area contributed by atoms with Crippen molar-refractivity contribution in [1.29, 1.82) is 0 Å². The number of nitrogens with zero attached hydrogens (tertiary/aromatic N) is 3. The van der Waals surface area contributed by atoms with Crippen LogP contribution in [0.15, 0.2) is 45.5 Å². The van der Waals surface area contributed by atoms with Crippen molar-refractivity contribution in [3.8, 4) is 0 Å². The highest BCUT2D eigenvalue weighted by molar-refractivity contribution is 6.08. The molecule has 8 nitrogen and oxygen atoms in total. The lowest BCUT2D eigenvalue weighted by Gasteiger charge is -2.32. The molecule has 0 saturated carbocycles. The van der Waals surface area contributed by atoms with Crippen molar-refractivity contribution in [2.75, 3.05) is 13.2 Å². The summed E-state index contributed by atoms with van der Waals surface area (Å²) in [5, 5.41) is 11.4.